The normalized spacial score (nSPS) is 16.9. The fraction of sp³-hybridized carbons (Fsp3) is 0.294. The van der Waals surface area contributed by atoms with Gasteiger partial charge in [-0.1, -0.05) is 12.1 Å². The number of aryl methyl sites for hydroxylation is 1. The zero-order valence-electron chi connectivity index (χ0n) is 13.5. The Hall–Kier alpha value is -2.45. The molecular weight excluding hydrogens is 346 g/mol. The van der Waals surface area contributed by atoms with Gasteiger partial charge in [0.25, 0.3) is 15.8 Å². The van der Waals surface area contributed by atoms with Gasteiger partial charge in [-0.25, -0.2) is 0 Å². The minimum absolute atomic E-state index is 0.210. The van der Waals surface area contributed by atoms with Crippen molar-refractivity contribution in [3.63, 3.8) is 0 Å². The van der Waals surface area contributed by atoms with Gasteiger partial charge in [-0.05, 0) is 42.2 Å². The molecule has 3 rings (SSSR count). The van der Waals surface area contributed by atoms with Crippen LogP contribution in [0.4, 0.5) is 5.69 Å². The quantitative estimate of drug-likeness (QED) is 0.460. The molecule has 0 spiro atoms. The molecule has 0 N–H and O–H groups in total. The molecular formula is C17H17NO6S. The maximum Gasteiger partial charge on any atom is 0.297 e. The van der Waals surface area contributed by atoms with Crippen LogP contribution in [0.3, 0.4) is 0 Å². The van der Waals surface area contributed by atoms with Crippen LogP contribution in [0.15, 0.2) is 47.4 Å². The topological polar surface area (TPSA) is 95.7 Å². The third-order valence-corrected chi connectivity index (χ3v) is 5.53. The molecule has 0 saturated carbocycles. The van der Waals surface area contributed by atoms with Crippen LogP contribution < -0.4 is 4.74 Å². The molecule has 0 aliphatic heterocycles. The lowest BCUT2D eigenvalue weighted by Gasteiger charge is -2.24. The number of nitrogens with zero attached hydrogens (tertiary/aromatic N) is 1. The highest BCUT2D eigenvalue weighted by molar-refractivity contribution is 7.86. The van der Waals surface area contributed by atoms with Crippen molar-refractivity contribution < 1.29 is 22.3 Å². The van der Waals surface area contributed by atoms with Crippen molar-refractivity contribution in [2.75, 3.05) is 7.11 Å². The predicted molar refractivity (Wildman–Crippen MR) is 90.2 cm³/mol. The third kappa shape index (κ3) is 3.80. The second-order valence-electron chi connectivity index (χ2n) is 5.80. The molecule has 1 atom stereocenters. The van der Waals surface area contributed by atoms with E-state index in [1.54, 1.807) is 7.11 Å². The van der Waals surface area contributed by atoms with Crippen LogP contribution in [0.1, 0.15) is 17.5 Å². The summed E-state index contributed by atoms with van der Waals surface area (Å²) >= 11 is 0. The number of rotatable bonds is 5. The molecule has 1 unspecified atom stereocenters. The first-order valence-corrected chi connectivity index (χ1v) is 9.13. The van der Waals surface area contributed by atoms with Gasteiger partial charge in [0.2, 0.25) is 0 Å². The number of methoxy groups -OCH3 is 1. The highest BCUT2D eigenvalue weighted by Crippen LogP contribution is 2.29. The van der Waals surface area contributed by atoms with Gasteiger partial charge in [-0.3, -0.25) is 14.3 Å². The van der Waals surface area contributed by atoms with Gasteiger partial charge in [0, 0.05) is 18.6 Å². The van der Waals surface area contributed by atoms with E-state index in [1.165, 1.54) is 18.2 Å². The summed E-state index contributed by atoms with van der Waals surface area (Å²) < 4.78 is 35.4. The number of benzene rings is 2. The summed E-state index contributed by atoms with van der Waals surface area (Å²) in [6.45, 7) is 0. The molecule has 2 aromatic rings. The summed E-state index contributed by atoms with van der Waals surface area (Å²) in [6.07, 6.45) is 1.20. The number of hydrogen-bond donors (Lipinski definition) is 0. The summed E-state index contributed by atoms with van der Waals surface area (Å²) in [5, 5.41) is 10.8. The first kappa shape index (κ1) is 17.4. The molecule has 0 fully saturated rings. The second kappa shape index (κ2) is 6.81. The van der Waals surface area contributed by atoms with Gasteiger partial charge >= 0.3 is 0 Å². The Morgan fingerprint density at radius 1 is 1.16 bits per heavy atom. The zero-order chi connectivity index (χ0) is 18.0. The Morgan fingerprint density at radius 2 is 1.96 bits per heavy atom. The molecule has 0 saturated heterocycles. The number of fused-ring (bicyclic) bond motifs is 1. The molecule has 2 aromatic carbocycles. The van der Waals surface area contributed by atoms with E-state index in [4.69, 9.17) is 8.92 Å². The van der Waals surface area contributed by atoms with Gasteiger partial charge in [0.05, 0.1) is 18.1 Å². The molecule has 0 radical (unpaired) electrons. The molecule has 0 amide bonds. The molecule has 0 aromatic heterocycles. The first-order valence-electron chi connectivity index (χ1n) is 7.72. The third-order valence-electron chi connectivity index (χ3n) is 4.18. The maximum atomic E-state index is 12.4. The van der Waals surface area contributed by atoms with E-state index in [1.807, 2.05) is 18.2 Å². The molecule has 132 valence electrons. The summed E-state index contributed by atoms with van der Waals surface area (Å²) in [5.74, 6) is 0.709. The van der Waals surface area contributed by atoms with Gasteiger partial charge in [0.15, 0.2) is 0 Å². The van der Waals surface area contributed by atoms with Crippen molar-refractivity contribution in [2.24, 2.45) is 0 Å². The molecule has 0 heterocycles. The van der Waals surface area contributed by atoms with Crippen molar-refractivity contribution in [3.8, 4) is 5.75 Å². The van der Waals surface area contributed by atoms with Crippen molar-refractivity contribution >= 4 is 15.8 Å². The number of hydrogen-bond acceptors (Lipinski definition) is 6. The summed E-state index contributed by atoms with van der Waals surface area (Å²) in [7, 11) is -2.50. The van der Waals surface area contributed by atoms with Crippen LogP contribution in [0, 0.1) is 10.1 Å². The van der Waals surface area contributed by atoms with Crippen LogP contribution in [-0.4, -0.2) is 26.6 Å². The largest absolute Gasteiger partial charge is 0.497 e. The lowest BCUT2D eigenvalue weighted by Crippen LogP contribution is -2.25. The van der Waals surface area contributed by atoms with E-state index < -0.39 is 21.1 Å². The van der Waals surface area contributed by atoms with Crippen LogP contribution in [0.5, 0.6) is 5.75 Å². The van der Waals surface area contributed by atoms with Crippen molar-refractivity contribution in [1.29, 1.82) is 0 Å². The summed E-state index contributed by atoms with van der Waals surface area (Å²) in [4.78, 5) is 9.98. The van der Waals surface area contributed by atoms with Crippen molar-refractivity contribution in [1.82, 2.24) is 0 Å². The van der Waals surface area contributed by atoms with E-state index in [9.17, 15) is 18.5 Å². The summed E-state index contributed by atoms with van der Waals surface area (Å²) in [5.41, 5.74) is 1.85. The SMILES string of the molecule is COc1ccc2c(c1)CC(OS(=O)(=O)c1cccc([N+](=O)[O-])c1)CC2. The Bertz CT molecular complexity index is 909. The molecule has 1 aliphatic rings. The Balaban J connectivity index is 1.80. The van der Waals surface area contributed by atoms with E-state index >= 15 is 0 Å². The smallest absolute Gasteiger partial charge is 0.297 e. The van der Waals surface area contributed by atoms with Gasteiger partial charge in [-0.2, -0.15) is 8.42 Å². The monoisotopic (exact) mass is 363 g/mol. The Kier molecular flexibility index (Phi) is 4.73. The minimum Gasteiger partial charge on any atom is -0.497 e. The molecule has 25 heavy (non-hydrogen) atoms. The first-order chi connectivity index (χ1) is 11.9. The van der Waals surface area contributed by atoms with Crippen LogP contribution >= 0.6 is 0 Å². The van der Waals surface area contributed by atoms with Gasteiger partial charge in [-0.15, -0.1) is 0 Å². The van der Waals surface area contributed by atoms with Crippen LogP contribution in [-0.2, 0) is 27.1 Å². The Labute approximate surface area is 145 Å². The number of nitro groups is 1. The van der Waals surface area contributed by atoms with Crippen molar-refractivity contribution in [3.05, 3.63) is 63.7 Å². The lowest BCUT2D eigenvalue weighted by molar-refractivity contribution is -0.385. The Morgan fingerprint density at radius 3 is 2.68 bits per heavy atom. The number of non-ortho nitro benzene ring substituents is 1. The minimum atomic E-state index is -4.07. The standard InChI is InChI=1S/C17H17NO6S/c1-23-15-7-5-12-6-8-16(10-13(12)9-15)24-25(21,22)17-4-2-3-14(11-17)18(19)20/h2-5,7,9,11,16H,6,8,10H2,1H3. The maximum absolute atomic E-state index is 12.4. The average molecular weight is 363 g/mol. The van der Waals surface area contributed by atoms with Crippen LogP contribution in [0.2, 0.25) is 0 Å². The highest BCUT2D eigenvalue weighted by atomic mass is 32.2. The fourth-order valence-corrected chi connectivity index (χ4v) is 4.04. The second-order valence-corrected chi connectivity index (χ2v) is 7.38. The van der Waals surface area contributed by atoms with Gasteiger partial charge in [0.1, 0.15) is 10.6 Å². The number of nitro benzene ring substituents is 1. The number of ether oxygens (including phenoxy) is 1. The molecule has 1 aliphatic carbocycles. The van der Waals surface area contributed by atoms with E-state index in [-0.39, 0.29) is 10.6 Å². The van der Waals surface area contributed by atoms with Crippen LogP contribution in [0.25, 0.3) is 0 Å². The van der Waals surface area contributed by atoms with E-state index in [0.29, 0.717) is 25.0 Å². The zero-order valence-corrected chi connectivity index (χ0v) is 14.4. The van der Waals surface area contributed by atoms with E-state index in [0.717, 1.165) is 17.2 Å². The molecule has 7 nitrogen and oxygen atoms in total. The lowest BCUT2D eigenvalue weighted by atomic mass is 9.90. The molecule has 8 heteroatoms. The van der Waals surface area contributed by atoms with Gasteiger partial charge < -0.3 is 4.74 Å². The average Bonchev–Trinajstić information content (AvgIpc) is 2.60. The van der Waals surface area contributed by atoms with E-state index in [2.05, 4.69) is 0 Å². The predicted octanol–water partition coefficient (Wildman–Crippen LogP) is 2.87. The van der Waals surface area contributed by atoms with Crippen molar-refractivity contribution in [2.45, 2.75) is 30.3 Å². The fourth-order valence-electron chi connectivity index (χ4n) is 2.90. The highest BCUT2D eigenvalue weighted by Gasteiger charge is 2.27. The summed E-state index contributed by atoms with van der Waals surface area (Å²) in [6, 6.07) is 10.6. The molecule has 0 bridgehead atoms.